The van der Waals surface area contributed by atoms with Crippen LogP contribution in [0.25, 0.3) is 22.0 Å². The van der Waals surface area contributed by atoms with Crippen LogP contribution in [0.2, 0.25) is 0 Å². The van der Waals surface area contributed by atoms with E-state index in [4.69, 9.17) is 15.2 Å². The van der Waals surface area contributed by atoms with Crippen molar-refractivity contribution < 1.29 is 18.3 Å². The second-order valence-corrected chi connectivity index (χ2v) is 5.06. The maximum absolute atomic E-state index is 14.0. The van der Waals surface area contributed by atoms with Crippen LogP contribution in [0, 0.1) is 11.6 Å². The van der Waals surface area contributed by atoms with Crippen LogP contribution < -0.4 is 10.5 Å². The Bertz CT molecular complexity index is 887. The first kappa shape index (κ1) is 16.1. The Balaban J connectivity index is 2.10. The number of ether oxygens (including phenoxy) is 2. The first-order valence-electron chi connectivity index (χ1n) is 7.23. The van der Waals surface area contributed by atoms with Gasteiger partial charge in [-0.15, -0.1) is 0 Å². The molecule has 124 valence electrons. The Labute approximate surface area is 137 Å². The van der Waals surface area contributed by atoms with Crippen molar-refractivity contribution >= 4 is 16.9 Å². The molecule has 7 heteroatoms. The predicted molar refractivity (Wildman–Crippen MR) is 86.7 cm³/mol. The number of hydrogen-bond acceptors (Lipinski definition) is 5. The number of hydrogen-bond donors (Lipinski definition) is 1. The number of nitrogens with two attached hydrogens (primary N) is 1. The van der Waals surface area contributed by atoms with Gasteiger partial charge in [0, 0.05) is 12.7 Å². The van der Waals surface area contributed by atoms with Gasteiger partial charge in [-0.05, 0) is 23.8 Å². The van der Waals surface area contributed by atoms with E-state index in [1.165, 1.54) is 12.1 Å². The lowest BCUT2D eigenvalue weighted by Crippen LogP contribution is -2.07. The molecule has 0 unspecified atom stereocenters. The van der Waals surface area contributed by atoms with Gasteiger partial charge in [-0.1, -0.05) is 18.2 Å². The van der Waals surface area contributed by atoms with Crippen molar-refractivity contribution in [2.75, 3.05) is 26.1 Å². The molecular weight excluding hydrogens is 316 g/mol. The molecule has 0 fully saturated rings. The number of aromatic nitrogens is 2. The summed E-state index contributed by atoms with van der Waals surface area (Å²) < 4.78 is 38.0. The number of anilines is 1. The fourth-order valence-electron chi connectivity index (χ4n) is 2.34. The minimum atomic E-state index is -0.907. The lowest BCUT2D eigenvalue weighted by atomic mass is 10.0. The van der Waals surface area contributed by atoms with Crippen LogP contribution in [0.15, 0.2) is 36.4 Å². The standard InChI is InChI=1S/C17H15F2N3O2/c1-23-7-8-24-16-12-9-10(5-6-14(12)21-17(20)22-16)11-3-2-4-13(18)15(11)19/h2-6,9H,7-8H2,1H3,(H2,20,21,22). The van der Waals surface area contributed by atoms with Crippen molar-refractivity contribution in [2.24, 2.45) is 0 Å². The van der Waals surface area contributed by atoms with Crippen LogP contribution in [0.1, 0.15) is 0 Å². The highest BCUT2D eigenvalue weighted by Crippen LogP contribution is 2.31. The van der Waals surface area contributed by atoms with Gasteiger partial charge >= 0.3 is 0 Å². The van der Waals surface area contributed by atoms with E-state index in [-0.39, 0.29) is 24.0 Å². The van der Waals surface area contributed by atoms with E-state index in [1.807, 2.05) is 0 Å². The summed E-state index contributed by atoms with van der Waals surface area (Å²) in [4.78, 5) is 8.20. The Morgan fingerprint density at radius 3 is 2.71 bits per heavy atom. The molecule has 0 spiro atoms. The average molecular weight is 331 g/mol. The Hall–Kier alpha value is -2.80. The SMILES string of the molecule is COCCOc1nc(N)nc2ccc(-c3cccc(F)c3F)cc12. The molecule has 24 heavy (non-hydrogen) atoms. The van der Waals surface area contributed by atoms with Crippen LogP contribution >= 0.6 is 0 Å². The third-order valence-electron chi connectivity index (χ3n) is 3.47. The molecule has 0 radical (unpaired) electrons. The summed E-state index contributed by atoms with van der Waals surface area (Å²) in [5, 5.41) is 0.557. The number of halogens is 2. The van der Waals surface area contributed by atoms with Crippen molar-refractivity contribution in [2.45, 2.75) is 0 Å². The third-order valence-corrected chi connectivity index (χ3v) is 3.47. The number of methoxy groups -OCH3 is 1. The van der Waals surface area contributed by atoms with Gasteiger partial charge in [-0.2, -0.15) is 4.98 Å². The van der Waals surface area contributed by atoms with E-state index >= 15 is 0 Å². The zero-order valence-corrected chi connectivity index (χ0v) is 12.9. The Morgan fingerprint density at radius 2 is 1.92 bits per heavy atom. The van der Waals surface area contributed by atoms with Crippen molar-refractivity contribution in [1.29, 1.82) is 0 Å². The zero-order chi connectivity index (χ0) is 17.1. The second-order valence-electron chi connectivity index (χ2n) is 5.06. The van der Waals surface area contributed by atoms with E-state index in [2.05, 4.69) is 9.97 Å². The van der Waals surface area contributed by atoms with Gasteiger partial charge < -0.3 is 15.2 Å². The molecule has 3 rings (SSSR count). The van der Waals surface area contributed by atoms with Crippen molar-refractivity contribution in [3.8, 4) is 17.0 Å². The largest absolute Gasteiger partial charge is 0.475 e. The summed E-state index contributed by atoms with van der Waals surface area (Å²) in [5.74, 6) is -1.47. The number of rotatable bonds is 5. The molecule has 0 saturated heterocycles. The van der Waals surface area contributed by atoms with Crippen LogP contribution in [0.4, 0.5) is 14.7 Å². The normalized spacial score (nSPS) is 11.0. The molecule has 0 saturated carbocycles. The monoisotopic (exact) mass is 331 g/mol. The minimum Gasteiger partial charge on any atom is -0.475 e. The van der Waals surface area contributed by atoms with Gasteiger partial charge in [0.2, 0.25) is 11.8 Å². The number of nitrogens with zero attached hydrogens (tertiary/aromatic N) is 2. The summed E-state index contributed by atoms with van der Waals surface area (Å²) in [6.07, 6.45) is 0. The Kier molecular flexibility index (Phi) is 4.52. The summed E-state index contributed by atoms with van der Waals surface area (Å²) in [5.41, 5.74) is 6.87. The van der Waals surface area contributed by atoms with Crippen LogP contribution in [0.3, 0.4) is 0 Å². The summed E-state index contributed by atoms with van der Waals surface area (Å²) >= 11 is 0. The van der Waals surface area contributed by atoms with Crippen LogP contribution in [-0.2, 0) is 4.74 Å². The average Bonchev–Trinajstić information content (AvgIpc) is 2.57. The molecule has 0 amide bonds. The maximum Gasteiger partial charge on any atom is 0.226 e. The lowest BCUT2D eigenvalue weighted by molar-refractivity contribution is 0.144. The number of benzene rings is 2. The molecule has 0 aliphatic carbocycles. The van der Waals surface area contributed by atoms with Gasteiger partial charge in [-0.3, -0.25) is 0 Å². The lowest BCUT2D eigenvalue weighted by Gasteiger charge is -2.10. The molecule has 2 N–H and O–H groups in total. The smallest absolute Gasteiger partial charge is 0.226 e. The third kappa shape index (κ3) is 3.11. The van der Waals surface area contributed by atoms with Gasteiger partial charge in [0.25, 0.3) is 0 Å². The molecule has 2 aromatic carbocycles. The van der Waals surface area contributed by atoms with Gasteiger partial charge in [0.05, 0.1) is 17.5 Å². The van der Waals surface area contributed by atoms with Gasteiger partial charge in [0.15, 0.2) is 11.6 Å². The van der Waals surface area contributed by atoms with Crippen molar-refractivity contribution in [1.82, 2.24) is 9.97 Å². The molecule has 3 aromatic rings. The molecule has 0 atom stereocenters. The fraction of sp³-hybridized carbons (Fsp3) is 0.176. The van der Waals surface area contributed by atoms with Gasteiger partial charge in [0.1, 0.15) is 6.61 Å². The molecule has 5 nitrogen and oxygen atoms in total. The molecule has 0 aliphatic rings. The van der Waals surface area contributed by atoms with E-state index in [1.54, 1.807) is 25.3 Å². The zero-order valence-electron chi connectivity index (χ0n) is 12.9. The Morgan fingerprint density at radius 1 is 1.08 bits per heavy atom. The molecule has 0 aliphatic heterocycles. The predicted octanol–water partition coefficient (Wildman–Crippen LogP) is 3.18. The molecule has 1 aromatic heterocycles. The molecular formula is C17H15F2N3O2. The molecule has 0 bridgehead atoms. The summed E-state index contributed by atoms with van der Waals surface area (Å²) in [7, 11) is 1.56. The van der Waals surface area contributed by atoms with E-state index in [9.17, 15) is 8.78 Å². The topological polar surface area (TPSA) is 70.3 Å². The summed E-state index contributed by atoms with van der Waals surface area (Å²) in [6.45, 7) is 0.657. The van der Waals surface area contributed by atoms with E-state index in [0.29, 0.717) is 23.1 Å². The highest BCUT2D eigenvalue weighted by Gasteiger charge is 2.13. The van der Waals surface area contributed by atoms with Crippen LogP contribution in [0.5, 0.6) is 5.88 Å². The van der Waals surface area contributed by atoms with Gasteiger partial charge in [-0.25, -0.2) is 13.8 Å². The van der Waals surface area contributed by atoms with E-state index < -0.39 is 11.6 Å². The fourth-order valence-corrected chi connectivity index (χ4v) is 2.34. The van der Waals surface area contributed by atoms with Crippen LogP contribution in [-0.4, -0.2) is 30.3 Å². The highest BCUT2D eigenvalue weighted by molar-refractivity contribution is 5.89. The second kappa shape index (κ2) is 6.76. The minimum absolute atomic E-state index is 0.0691. The first-order chi connectivity index (χ1) is 11.6. The van der Waals surface area contributed by atoms with E-state index in [0.717, 1.165) is 6.07 Å². The number of nitrogen functional groups attached to an aromatic ring is 1. The van der Waals surface area contributed by atoms with Crippen molar-refractivity contribution in [3.05, 3.63) is 48.0 Å². The highest BCUT2D eigenvalue weighted by atomic mass is 19.2. The first-order valence-corrected chi connectivity index (χ1v) is 7.23. The quantitative estimate of drug-likeness (QED) is 0.727. The maximum atomic E-state index is 14.0. The molecule has 1 heterocycles. The van der Waals surface area contributed by atoms with Crippen molar-refractivity contribution in [3.63, 3.8) is 0 Å². The number of fused-ring (bicyclic) bond motifs is 1. The summed E-state index contributed by atoms with van der Waals surface area (Å²) in [6, 6.07) is 8.98.